The zero-order chi connectivity index (χ0) is 19.7. The van der Waals surface area contributed by atoms with Gasteiger partial charge < -0.3 is 4.90 Å². The molecule has 1 heterocycles. The number of allylic oxidation sites excluding steroid dienone is 1. The van der Waals surface area contributed by atoms with E-state index in [0.29, 0.717) is 0 Å². The van der Waals surface area contributed by atoms with Crippen molar-refractivity contribution in [2.75, 3.05) is 20.1 Å². The standard InChI is InChI=1S/C10H12.C9H19N.C7H14/c1-2-3-7-10-8-5-4-6-9-10;1-3-4-9-5-7-10(2)8-6-9;1-7-5-3-2-4-6-7/h2,4-6,8-9H,1,3,7H2;9H,3-8H2,1-2H3;7H,2-6H2,1H3. The molecule has 27 heavy (non-hydrogen) atoms. The molecule has 1 aromatic carbocycles. The summed E-state index contributed by atoms with van der Waals surface area (Å²) in [5, 5.41) is 0. The van der Waals surface area contributed by atoms with E-state index in [1.165, 1.54) is 76.4 Å². The van der Waals surface area contributed by atoms with Gasteiger partial charge in [0.25, 0.3) is 0 Å². The van der Waals surface area contributed by atoms with Gasteiger partial charge in [-0.15, -0.1) is 6.58 Å². The van der Waals surface area contributed by atoms with Crippen molar-refractivity contribution in [1.29, 1.82) is 0 Å². The Morgan fingerprint density at radius 1 is 1.00 bits per heavy atom. The molecule has 2 fully saturated rings. The molecule has 1 nitrogen and oxygen atoms in total. The third-order valence-corrected chi connectivity index (χ3v) is 5.91. The highest BCUT2D eigenvalue weighted by Gasteiger charge is 2.14. The predicted octanol–water partition coefficient (Wildman–Crippen LogP) is 7.52. The largest absolute Gasteiger partial charge is 0.306 e. The summed E-state index contributed by atoms with van der Waals surface area (Å²) in [6.45, 7) is 11.0. The van der Waals surface area contributed by atoms with Gasteiger partial charge in [0.05, 0.1) is 0 Å². The van der Waals surface area contributed by atoms with Gasteiger partial charge in [-0.3, -0.25) is 0 Å². The summed E-state index contributed by atoms with van der Waals surface area (Å²) in [5.74, 6) is 2.08. The zero-order valence-electron chi connectivity index (χ0n) is 18.5. The van der Waals surface area contributed by atoms with E-state index in [9.17, 15) is 0 Å². The Bertz CT molecular complexity index is 439. The van der Waals surface area contributed by atoms with Crippen LogP contribution in [-0.4, -0.2) is 25.0 Å². The summed E-state index contributed by atoms with van der Waals surface area (Å²) in [6, 6.07) is 10.5. The molecule has 0 bridgehead atoms. The number of hydrogen-bond donors (Lipinski definition) is 0. The summed E-state index contributed by atoms with van der Waals surface area (Å²) in [7, 11) is 2.22. The second kappa shape index (κ2) is 15.9. The van der Waals surface area contributed by atoms with E-state index in [4.69, 9.17) is 0 Å². The lowest BCUT2D eigenvalue weighted by Crippen LogP contribution is -2.29. The van der Waals surface area contributed by atoms with Crippen LogP contribution in [0.2, 0.25) is 0 Å². The van der Waals surface area contributed by atoms with Crippen molar-refractivity contribution < 1.29 is 0 Å². The van der Waals surface area contributed by atoms with Gasteiger partial charge >= 0.3 is 0 Å². The molecule has 0 N–H and O–H groups in total. The quantitative estimate of drug-likeness (QED) is 0.484. The third kappa shape index (κ3) is 12.8. The summed E-state index contributed by atoms with van der Waals surface area (Å²) in [5.41, 5.74) is 1.39. The fourth-order valence-electron chi connectivity index (χ4n) is 3.98. The van der Waals surface area contributed by atoms with Crippen molar-refractivity contribution in [2.24, 2.45) is 11.8 Å². The van der Waals surface area contributed by atoms with Gasteiger partial charge in [0.15, 0.2) is 0 Å². The van der Waals surface area contributed by atoms with Gasteiger partial charge in [-0.25, -0.2) is 0 Å². The predicted molar refractivity (Wildman–Crippen MR) is 122 cm³/mol. The molecule has 1 aliphatic carbocycles. The van der Waals surface area contributed by atoms with Crippen LogP contribution in [0.3, 0.4) is 0 Å². The van der Waals surface area contributed by atoms with Crippen molar-refractivity contribution in [3.8, 4) is 0 Å². The first kappa shape index (κ1) is 24.0. The van der Waals surface area contributed by atoms with Crippen LogP contribution >= 0.6 is 0 Å². The molecular weight excluding hydrogens is 326 g/mol. The lowest BCUT2D eigenvalue weighted by molar-refractivity contribution is 0.211. The molecule has 2 aliphatic rings. The molecule has 1 aromatic rings. The van der Waals surface area contributed by atoms with Gasteiger partial charge in [0.2, 0.25) is 0 Å². The number of nitrogens with zero attached hydrogens (tertiary/aromatic N) is 1. The Kier molecular flexibility index (Phi) is 14.1. The first-order valence-electron chi connectivity index (χ1n) is 11.5. The van der Waals surface area contributed by atoms with E-state index in [-0.39, 0.29) is 0 Å². The van der Waals surface area contributed by atoms with Crippen molar-refractivity contribution in [3.63, 3.8) is 0 Å². The van der Waals surface area contributed by atoms with Gasteiger partial charge in [-0.1, -0.05) is 95.2 Å². The maximum absolute atomic E-state index is 3.68. The molecule has 0 unspecified atom stereocenters. The van der Waals surface area contributed by atoms with E-state index in [0.717, 1.165) is 24.7 Å². The summed E-state index contributed by atoms with van der Waals surface area (Å²) in [6.07, 6.45) is 17.3. The van der Waals surface area contributed by atoms with Crippen molar-refractivity contribution >= 4 is 0 Å². The Labute approximate surface area is 170 Å². The smallest absolute Gasteiger partial charge is 0.00191 e. The zero-order valence-corrected chi connectivity index (χ0v) is 18.5. The van der Waals surface area contributed by atoms with Crippen LogP contribution in [0.4, 0.5) is 0 Å². The third-order valence-electron chi connectivity index (χ3n) is 5.91. The van der Waals surface area contributed by atoms with Crippen LogP contribution < -0.4 is 0 Å². The first-order valence-corrected chi connectivity index (χ1v) is 11.5. The van der Waals surface area contributed by atoms with E-state index in [2.05, 4.69) is 56.6 Å². The van der Waals surface area contributed by atoms with E-state index >= 15 is 0 Å². The van der Waals surface area contributed by atoms with Crippen LogP contribution in [0.15, 0.2) is 43.0 Å². The summed E-state index contributed by atoms with van der Waals surface area (Å²) >= 11 is 0. The van der Waals surface area contributed by atoms with Gasteiger partial charge in [-0.05, 0) is 63.2 Å². The number of aryl methyl sites for hydroxylation is 1. The van der Waals surface area contributed by atoms with Crippen LogP contribution in [0, 0.1) is 11.8 Å². The van der Waals surface area contributed by atoms with E-state index < -0.39 is 0 Å². The van der Waals surface area contributed by atoms with Crippen molar-refractivity contribution in [3.05, 3.63) is 48.6 Å². The topological polar surface area (TPSA) is 3.24 Å². The molecular formula is C26H45N. The maximum Gasteiger partial charge on any atom is -0.00191 e. The Morgan fingerprint density at radius 3 is 2.11 bits per heavy atom. The normalized spacial score (nSPS) is 18.6. The minimum atomic E-state index is 1.04. The van der Waals surface area contributed by atoms with E-state index in [1.807, 2.05) is 12.1 Å². The summed E-state index contributed by atoms with van der Waals surface area (Å²) < 4.78 is 0. The Morgan fingerprint density at radius 2 is 1.63 bits per heavy atom. The van der Waals surface area contributed by atoms with Crippen LogP contribution in [0.1, 0.15) is 83.6 Å². The average molecular weight is 372 g/mol. The molecule has 0 spiro atoms. The molecule has 0 radical (unpaired) electrons. The van der Waals surface area contributed by atoms with Crippen molar-refractivity contribution in [1.82, 2.24) is 4.90 Å². The number of piperidine rings is 1. The Balaban J connectivity index is 0.000000206. The minimum absolute atomic E-state index is 1.04. The average Bonchev–Trinajstić information content (AvgIpc) is 2.71. The second-order valence-corrected chi connectivity index (χ2v) is 8.59. The molecule has 0 atom stereocenters. The first-order chi connectivity index (χ1) is 13.2. The maximum atomic E-state index is 3.68. The fraction of sp³-hybridized carbons (Fsp3) is 0.692. The SMILES string of the molecule is C=CCCc1ccccc1.CC1CCCCC1.CCCC1CCN(C)CC1. The highest BCUT2D eigenvalue weighted by atomic mass is 15.1. The lowest BCUT2D eigenvalue weighted by atomic mass is 9.91. The highest BCUT2D eigenvalue weighted by Crippen LogP contribution is 2.22. The highest BCUT2D eigenvalue weighted by molar-refractivity contribution is 5.14. The molecule has 3 rings (SSSR count). The number of likely N-dealkylation sites (tertiary alicyclic amines) is 1. The molecule has 0 amide bonds. The summed E-state index contributed by atoms with van der Waals surface area (Å²) in [4.78, 5) is 2.44. The number of rotatable bonds is 5. The van der Waals surface area contributed by atoms with Crippen LogP contribution in [-0.2, 0) is 6.42 Å². The van der Waals surface area contributed by atoms with Gasteiger partial charge in [-0.2, -0.15) is 0 Å². The fourth-order valence-corrected chi connectivity index (χ4v) is 3.98. The molecule has 1 heteroatoms. The van der Waals surface area contributed by atoms with E-state index in [1.54, 1.807) is 0 Å². The number of benzene rings is 1. The monoisotopic (exact) mass is 371 g/mol. The molecule has 1 saturated carbocycles. The van der Waals surface area contributed by atoms with Gasteiger partial charge in [0, 0.05) is 0 Å². The van der Waals surface area contributed by atoms with Crippen molar-refractivity contribution in [2.45, 2.75) is 84.5 Å². The molecule has 0 aromatic heterocycles. The minimum Gasteiger partial charge on any atom is -0.306 e. The van der Waals surface area contributed by atoms with Crippen LogP contribution in [0.5, 0.6) is 0 Å². The Hall–Kier alpha value is -1.08. The molecule has 1 aliphatic heterocycles. The second-order valence-electron chi connectivity index (χ2n) is 8.59. The lowest BCUT2D eigenvalue weighted by Gasteiger charge is -2.28. The van der Waals surface area contributed by atoms with Crippen LogP contribution in [0.25, 0.3) is 0 Å². The molecule has 154 valence electrons. The van der Waals surface area contributed by atoms with Gasteiger partial charge in [0.1, 0.15) is 0 Å². The number of hydrogen-bond acceptors (Lipinski definition) is 1. The molecule has 1 saturated heterocycles.